The lowest BCUT2D eigenvalue weighted by Gasteiger charge is -2.13. The molecule has 0 radical (unpaired) electrons. The summed E-state index contributed by atoms with van der Waals surface area (Å²) in [5.74, 6) is 2.44. The Kier molecular flexibility index (Phi) is 2.85. The molecule has 4 nitrogen and oxygen atoms in total. The zero-order chi connectivity index (χ0) is 13.4. The summed E-state index contributed by atoms with van der Waals surface area (Å²) in [4.78, 5) is 8.90. The van der Waals surface area contributed by atoms with Gasteiger partial charge in [0.2, 0.25) is 0 Å². The van der Waals surface area contributed by atoms with Crippen LogP contribution in [0, 0.1) is 0 Å². The number of ether oxygens (including phenoxy) is 1. The van der Waals surface area contributed by atoms with Crippen LogP contribution in [0.15, 0.2) is 30.3 Å². The van der Waals surface area contributed by atoms with Gasteiger partial charge in [0, 0.05) is 18.2 Å². The molecule has 0 aliphatic carbocycles. The van der Waals surface area contributed by atoms with Crippen LogP contribution < -0.4 is 10.5 Å². The molecule has 1 unspecified atom stereocenters. The van der Waals surface area contributed by atoms with Crippen LogP contribution in [0.1, 0.15) is 43.0 Å². The van der Waals surface area contributed by atoms with E-state index >= 15 is 0 Å². The zero-order valence-electron chi connectivity index (χ0n) is 11.1. The minimum Gasteiger partial charge on any atom is -0.482 e. The van der Waals surface area contributed by atoms with Crippen molar-refractivity contribution in [2.75, 3.05) is 5.73 Å². The van der Waals surface area contributed by atoms with Gasteiger partial charge in [-0.1, -0.05) is 32.0 Å². The summed E-state index contributed by atoms with van der Waals surface area (Å²) in [7, 11) is 0. The van der Waals surface area contributed by atoms with Gasteiger partial charge in [-0.3, -0.25) is 0 Å². The van der Waals surface area contributed by atoms with Crippen LogP contribution in [-0.2, 0) is 6.42 Å². The second kappa shape index (κ2) is 4.53. The first-order chi connectivity index (χ1) is 9.13. The number of fused-ring (bicyclic) bond motifs is 1. The molecule has 0 bridgehead atoms. The number of rotatable bonds is 2. The summed E-state index contributed by atoms with van der Waals surface area (Å²) in [5, 5.41) is 0. The van der Waals surface area contributed by atoms with Crippen molar-refractivity contribution in [1.29, 1.82) is 0 Å². The van der Waals surface area contributed by atoms with Crippen molar-refractivity contribution in [3.63, 3.8) is 0 Å². The fourth-order valence-electron chi connectivity index (χ4n) is 2.27. The molecule has 1 aromatic heterocycles. The predicted molar refractivity (Wildman–Crippen MR) is 74.0 cm³/mol. The molecular weight excluding hydrogens is 238 g/mol. The molecular formula is C15H17N3O. The molecule has 0 spiro atoms. The van der Waals surface area contributed by atoms with E-state index < -0.39 is 0 Å². The van der Waals surface area contributed by atoms with E-state index in [-0.39, 0.29) is 6.10 Å². The molecule has 98 valence electrons. The summed E-state index contributed by atoms with van der Waals surface area (Å²) in [6, 6.07) is 9.87. The van der Waals surface area contributed by atoms with Crippen LogP contribution in [0.3, 0.4) is 0 Å². The second-order valence-electron chi connectivity index (χ2n) is 5.15. The molecule has 0 saturated heterocycles. The van der Waals surface area contributed by atoms with Crippen molar-refractivity contribution in [1.82, 2.24) is 9.97 Å². The lowest BCUT2D eigenvalue weighted by atomic mass is 10.1. The van der Waals surface area contributed by atoms with E-state index in [9.17, 15) is 0 Å². The predicted octanol–water partition coefficient (Wildman–Crippen LogP) is 2.86. The fourth-order valence-corrected chi connectivity index (χ4v) is 2.27. The molecule has 0 amide bonds. The normalized spacial score (nSPS) is 17.3. The summed E-state index contributed by atoms with van der Waals surface area (Å²) in [6.07, 6.45) is 0.676. The van der Waals surface area contributed by atoms with Crippen molar-refractivity contribution < 1.29 is 4.74 Å². The van der Waals surface area contributed by atoms with Crippen molar-refractivity contribution in [3.05, 3.63) is 47.4 Å². The molecule has 2 heterocycles. The Morgan fingerprint density at radius 2 is 2.05 bits per heavy atom. The molecule has 1 aliphatic heterocycles. The quantitative estimate of drug-likeness (QED) is 0.896. The van der Waals surface area contributed by atoms with E-state index in [4.69, 9.17) is 10.5 Å². The number of benzene rings is 1. The molecule has 2 aromatic rings. The van der Waals surface area contributed by atoms with Crippen molar-refractivity contribution in [2.24, 2.45) is 0 Å². The highest BCUT2D eigenvalue weighted by Gasteiger charge is 2.27. The van der Waals surface area contributed by atoms with Crippen LogP contribution >= 0.6 is 0 Å². The summed E-state index contributed by atoms with van der Waals surface area (Å²) in [6.45, 7) is 4.19. The SMILES string of the molecule is CC(C)c1cc(N)nc(C2Cc3ccccc3O2)n1. The molecule has 1 aliphatic rings. The highest BCUT2D eigenvalue weighted by Crippen LogP contribution is 2.35. The lowest BCUT2D eigenvalue weighted by molar-refractivity contribution is 0.227. The van der Waals surface area contributed by atoms with E-state index in [1.54, 1.807) is 0 Å². The molecule has 0 saturated carbocycles. The smallest absolute Gasteiger partial charge is 0.172 e. The number of nitrogen functional groups attached to an aromatic ring is 1. The third-order valence-corrected chi connectivity index (χ3v) is 3.31. The summed E-state index contributed by atoms with van der Waals surface area (Å²) < 4.78 is 5.90. The third-order valence-electron chi connectivity index (χ3n) is 3.31. The zero-order valence-corrected chi connectivity index (χ0v) is 11.1. The van der Waals surface area contributed by atoms with Crippen LogP contribution in [0.4, 0.5) is 5.82 Å². The van der Waals surface area contributed by atoms with Gasteiger partial charge >= 0.3 is 0 Å². The van der Waals surface area contributed by atoms with Crippen LogP contribution in [-0.4, -0.2) is 9.97 Å². The van der Waals surface area contributed by atoms with Gasteiger partial charge < -0.3 is 10.5 Å². The summed E-state index contributed by atoms with van der Waals surface area (Å²) in [5.41, 5.74) is 8.02. The molecule has 1 aromatic carbocycles. The maximum Gasteiger partial charge on any atom is 0.172 e. The van der Waals surface area contributed by atoms with Gasteiger partial charge in [0.15, 0.2) is 11.9 Å². The number of hydrogen-bond donors (Lipinski definition) is 1. The Morgan fingerprint density at radius 1 is 1.26 bits per heavy atom. The molecule has 4 heteroatoms. The molecule has 2 N–H and O–H groups in total. The first kappa shape index (κ1) is 12.0. The van der Waals surface area contributed by atoms with E-state index in [0.29, 0.717) is 17.6 Å². The average molecular weight is 255 g/mol. The van der Waals surface area contributed by atoms with Gasteiger partial charge in [-0.15, -0.1) is 0 Å². The lowest BCUT2D eigenvalue weighted by Crippen LogP contribution is -2.12. The van der Waals surface area contributed by atoms with Gasteiger partial charge in [-0.05, 0) is 17.5 Å². The number of aromatic nitrogens is 2. The Balaban J connectivity index is 1.93. The van der Waals surface area contributed by atoms with Crippen molar-refractivity contribution >= 4 is 5.82 Å². The Labute approximate surface area is 112 Å². The minimum atomic E-state index is -0.126. The van der Waals surface area contributed by atoms with Crippen molar-refractivity contribution in [3.8, 4) is 5.75 Å². The van der Waals surface area contributed by atoms with Crippen LogP contribution in [0.25, 0.3) is 0 Å². The molecule has 1 atom stereocenters. The number of anilines is 1. The summed E-state index contributed by atoms with van der Waals surface area (Å²) >= 11 is 0. The van der Waals surface area contributed by atoms with Crippen molar-refractivity contribution in [2.45, 2.75) is 32.3 Å². The van der Waals surface area contributed by atoms with Gasteiger partial charge in [0.05, 0.1) is 0 Å². The number of nitrogens with two attached hydrogens (primary N) is 1. The first-order valence-corrected chi connectivity index (χ1v) is 6.52. The topological polar surface area (TPSA) is 61.0 Å². The monoisotopic (exact) mass is 255 g/mol. The van der Waals surface area contributed by atoms with E-state index in [1.807, 2.05) is 24.3 Å². The van der Waals surface area contributed by atoms with Crippen LogP contribution in [0.2, 0.25) is 0 Å². The van der Waals surface area contributed by atoms with Gasteiger partial charge in [-0.25, -0.2) is 9.97 Å². The standard InChI is InChI=1S/C15H17N3O/c1-9(2)11-8-14(16)18-15(17-11)13-7-10-5-3-4-6-12(10)19-13/h3-6,8-9,13H,7H2,1-2H3,(H2,16,17,18). The Hall–Kier alpha value is -2.10. The average Bonchev–Trinajstić information content (AvgIpc) is 2.81. The van der Waals surface area contributed by atoms with E-state index in [0.717, 1.165) is 17.9 Å². The maximum absolute atomic E-state index is 5.90. The van der Waals surface area contributed by atoms with Gasteiger partial charge in [0.25, 0.3) is 0 Å². The third kappa shape index (κ3) is 2.26. The maximum atomic E-state index is 5.90. The Morgan fingerprint density at radius 3 is 2.79 bits per heavy atom. The van der Waals surface area contributed by atoms with Gasteiger partial charge in [-0.2, -0.15) is 0 Å². The Bertz CT molecular complexity index is 585. The van der Waals surface area contributed by atoms with E-state index in [2.05, 4.69) is 29.9 Å². The first-order valence-electron chi connectivity index (χ1n) is 6.52. The number of hydrogen-bond acceptors (Lipinski definition) is 4. The van der Waals surface area contributed by atoms with Crippen LogP contribution in [0.5, 0.6) is 5.75 Å². The highest BCUT2D eigenvalue weighted by molar-refractivity contribution is 5.39. The minimum absolute atomic E-state index is 0.126. The highest BCUT2D eigenvalue weighted by atomic mass is 16.5. The van der Waals surface area contributed by atoms with Gasteiger partial charge in [0.1, 0.15) is 11.6 Å². The number of nitrogens with zero attached hydrogens (tertiary/aromatic N) is 2. The molecule has 0 fully saturated rings. The molecule has 19 heavy (non-hydrogen) atoms. The second-order valence-corrected chi connectivity index (χ2v) is 5.15. The number of para-hydroxylation sites is 1. The molecule has 3 rings (SSSR count). The largest absolute Gasteiger partial charge is 0.482 e. The fraction of sp³-hybridized carbons (Fsp3) is 0.333. The van der Waals surface area contributed by atoms with E-state index in [1.165, 1.54) is 5.56 Å².